The molecule has 2 aromatic rings. The van der Waals surface area contributed by atoms with Crippen molar-refractivity contribution in [2.75, 3.05) is 14.2 Å². The van der Waals surface area contributed by atoms with Crippen LogP contribution in [0, 0.1) is 0 Å². The normalized spacial score (nSPS) is 10.4. The van der Waals surface area contributed by atoms with Crippen LogP contribution < -0.4 is 4.74 Å². The van der Waals surface area contributed by atoms with Crippen molar-refractivity contribution in [1.82, 2.24) is 4.98 Å². The van der Waals surface area contributed by atoms with Gasteiger partial charge in [0.1, 0.15) is 11.3 Å². The van der Waals surface area contributed by atoms with Crippen molar-refractivity contribution in [2.45, 2.75) is 0 Å². The van der Waals surface area contributed by atoms with Gasteiger partial charge in [-0.25, -0.2) is 9.78 Å². The Kier molecular flexibility index (Phi) is 3.11. The molecule has 0 unspecified atom stereocenters. The third kappa shape index (κ3) is 1.90. The molecule has 0 N–H and O–H groups in total. The van der Waals surface area contributed by atoms with Crippen LogP contribution in [-0.4, -0.2) is 25.2 Å². The van der Waals surface area contributed by atoms with E-state index in [2.05, 4.69) is 25.7 Å². The van der Waals surface area contributed by atoms with E-state index in [0.717, 1.165) is 14.1 Å². The number of aromatic nitrogens is 1. The van der Waals surface area contributed by atoms with Gasteiger partial charge in [-0.3, -0.25) is 0 Å². The maximum absolute atomic E-state index is 11.4. The predicted octanol–water partition coefficient (Wildman–Crippen LogP) is 2.85. The van der Waals surface area contributed by atoms with Gasteiger partial charge >= 0.3 is 5.97 Å². The molecule has 0 aliphatic carbocycles. The van der Waals surface area contributed by atoms with Crippen LogP contribution in [0.5, 0.6) is 5.75 Å². The molecule has 0 spiro atoms. The van der Waals surface area contributed by atoms with E-state index in [9.17, 15) is 4.79 Å². The predicted molar refractivity (Wildman–Crippen MR) is 65.2 cm³/mol. The van der Waals surface area contributed by atoms with E-state index in [-0.39, 0.29) is 5.97 Å². The molecule has 16 heavy (non-hydrogen) atoms. The second-order valence-corrected chi connectivity index (χ2v) is 5.29. The minimum absolute atomic E-state index is 0.385. The Morgan fingerprint density at radius 3 is 2.81 bits per heavy atom. The van der Waals surface area contributed by atoms with Crippen LogP contribution in [0.15, 0.2) is 16.0 Å². The number of esters is 1. The molecule has 1 aromatic heterocycles. The largest absolute Gasteiger partial charge is 0.494 e. The summed E-state index contributed by atoms with van der Waals surface area (Å²) in [6.07, 6.45) is 0. The number of nitrogens with zero attached hydrogens (tertiary/aromatic N) is 1. The summed E-state index contributed by atoms with van der Waals surface area (Å²) in [6.45, 7) is 0. The zero-order valence-corrected chi connectivity index (χ0v) is 11.0. The van der Waals surface area contributed by atoms with Gasteiger partial charge in [-0.2, -0.15) is 0 Å². The number of hydrogen-bond acceptors (Lipinski definition) is 5. The molecule has 0 aliphatic rings. The molecule has 0 amide bonds. The summed E-state index contributed by atoms with van der Waals surface area (Å²) in [5.74, 6) is 0.185. The summed E-state index contributed by atoms with van der Waals surface area (Å²) in [5.41, 5.74) is 1.20. The molecule has 2 rings (SSSR count). The summed E-state index contributed by atoms with van der Waals surface area (Å²) in [5, 5.41) is 0. The molecule has 0 radical (unpaired) electrons. The molecule has 6 heteroatoms. The third-order valence-electron chi connectivity index (χ3n) is 2.07. The second kappa shape index (κ2) is 4.39. The zero-order chi connectivity index (χ0) is 11.7. The number of ether oxygens (including phenoxy) is 2. The highest BCUT2D eigenvalue weighted by molar-refractivity contribution is 9.11. The van der Waals surface area contributed by atoms with Crippen LogP contribution in [0.3, 0.4) is 0 Å². The van der Waals surface area contributed by atoms with E-state index in [1.807, 2.05) is 0 Å². The highest BCUT2D eigenvalue weighted by Gasteiger charge is 2.14. The smallest absolute Gasteiger partial charge is 0.338 e. The van der Waals surface area contributed by atoms with Crippen molar-refractivity contribution < 1.29 is 14.3 Å². The van der Waals surface area contributed by atoms with Gasteiger partial charge in [-0.05, 0) is 28.1 Å². The van der Waals surface area contributed by atoms with Gasteiger partial charge in [-0.15, -0.1) is 11.3 Å². The average Bonchev–Trinajstić information content (AvgIpc) is 2.66. The number of carbonyl (C=O) groups is 1. The summed E-state index contributed by atoms with van der Waals surface area (Å²) in [6, 6.07) is 3.37. The molecule has 4 nitrogen and oxygen atoms in total. The van der Waals surface area contributed by atoms with Crippen LogP contribution in [0.1, 0.15) is 10.4 Å². The molecule has 1 aromatic carbocycles. The average molecular weight is 302 g/mol. The fourth-order valence-corrected chi connectivity index (χ4v) is 2.81. The number of carbonyl (C=O) groups excluding carboxylic acids is 1. The van der Waals surface area contributed by atoms with Crippen molar-refractivity contribution in [3.05, 3.63) is 21.6 Å². The van der Waals surface area contributed by atoms with Crippen LogP contribution in [-0.2, 0) is 4.74 Å². The van der Waals surface area contributed by atoms with Crippen molar-refractivity contribution in [3.63, 3.8) is 0 Å². The zero-order valence-electron chi connectivity index (χ0n) is 8.61. The lowest BCUT2D eigenvalue weighted by molar-refractivity contribution is 0.0600. The van der Waals surface area contributed by atoms with E-state index >= 15 is 0 Å². The number of thiazole rings is 1. The van der Waals surface area contributed by atoms with Gasteiger partial charge in [0.25, 0.3) is 0 Å². The third-order valence-corrected chi connectivity index (χ3v) is 3.53. The highest BCUT2D eigenvalue weighted by Crippen LogP contribution is 2.33. The van der Waals surface area contributed by atoms with Crippen molar-refractivity contribution >= 4 is 43.5 Å². The van der Waals surface area contributed by atoms with Gasteiger partial charge in [0.05, 0.1) is 24.5 Å². The molecule has 0 bridgehead atoms. The molecule has 0 atom stereocenters. The first-order chi connectivity index (χ1) is 7.65. The van der Waals surface area contributed by atoms with Gasteiger partial charge in [0.15, 0.2) is 3.92 Å². The minimum atomic E-state index is -0.385. The Bertz CT molecular complexity index is 552. The fraction of sp³-hybridized carbons (Fsp3) is 0.200. The summed E-state index contributed by atoms with van der Waals surface area (Å²) in [4.78, 5) is 15.7. The molecule has 0 saturated heterocycles. The quantitative estimate of drug-likeness (QED) is 0.800. The van der Waals surface area contributed by atoms with Crippen LogP contribution in [0.4, 0.5) is 0 Å². The maximum Gasteiger partial charge on any atom is 0.338 e. The number of fused-ring (bicyclic) bond motifs is 1. The van der Waals surface area contributed by atoms with E-state index < -0.39 is 0 Å². The summed E-state index contributed by atoms with van der Waals surface area (Å²) < 4.78 is 11.5. The lowest BCUT2D eigenvalue weighted by Crippen LogP contribution is -2.01. The Balaban J connectivity index is 2.67. The summed E-state index contributed by atoms with van der Waals surface area (Å²) >= 11 is 4.74. The number of methoxy groups -OCH3 is 2. The van der Waals surface area contributed by atoms with E-state index in [1.54, 1.807) is 19.2 Å². The Hall–Kier alpha value is -1.14. The molecule has 0 saturated carbocycles. The van der Waals surface area contributed by atoms with Crippen molar-refractivity contribution in [3.8, 4) is 5.75 Å². The van der Waals surface area contributed by atoms with Gasteiger partial charge in [-0.1, -0.05) is 0 Å². The molecular weight excluding hydrogens is 294 g/mol. The SMILES string of the molecule is COC(=O)c1cc(OC)c2nc(Br)sc2c1. The standard InChI is InChI=1S/C10H8BrNO3S/c1-14-6-3-5(9(13)15-2)4-7-8(6)12-10(11)16-7/h3-4H,1-2H3. The first-order valence-corrected chi connectivity index (χ1v) is 5.99. The number of rotatable bonds is 2. The second-order valence-electron chi connectivity index (χ2n) is 2.98. The van der Waals surface area contributed by atoms with E-state index in [1.165, 1.54) is 18.4 Å². The Labute approximate surface area is 104 Å². The first kappa shape index (κ1) is 11.3. The molecule has 84 valence electrons. The lowest BCUT2D eigenvalue weighted by atomic mass is 10.2. The van der Waals surface area contributed by atoms with Crippen LogP contribution in [0.25, 0.3) is 10.2 Å². The lowest BCUT2D eigenvalue weighted by Gasteiger charge is -2.03. The minimum Gasteiger partial charge on any atom is -0.494 e. The first-order valence-electron chi connectivity index (χ1n) is 4.38. The van der Waals surface area contributed by atoms with Crippen LogP contribution in [0.2, 0.25) is 0 Å². The van der Waals surface area contributed by atoms with Crippen LogP contribution >= 0.6 is 27.3 Å². The van der Waals surface area contributed by atoms with Crippen molar-refractivity contribution in [1.29, 1.82) is 0 Å². The van der Waals surface area contributed by atoms with Crippen molar-refractivity contribution in [2.24, 2.45) is 0 Å². The van der Waals surface area contributed by atoms with Gasteiger partial charge in [0.2, 0.25) is 0 Å². The topological polar surface area (TPSA) is 48.4 Å². The summed E-state index contributed by atoms with van der Waals surface area (Å²) in [7, 11) is 2.89. The van der Waals surface area contributed by atoms with Gasteiger partial charge in [0, 0.05) is 0 Å². The Morgan fingerprint density at radius 2 is 2.19 bits per heavy atom. The maximum atomic E-state index is 11.4. The number of hydrogen-bond donors (Lipinski definition) is 0. The number of benzene rings is 1. The highest BCUT2D eigenvalue weighted by atomic mass is 79.9. The van der Waals surface area contributed by atoms with E-state index in [4.69, 9.17) is 4.74 Å². The fourth-order valence-electron chi connectivity index (χ4n) is 1.36. The molecular formula is C10H8BrNO3S. The van der Waals surface area contributed by atoms with E-state index in [0.29, 0.717) is 11.3 Å². The van der Waals surface area contributed by atoms with Gasteiger partial charge < -0.3 is 9.47 Å². The molecule has 0 fully saturated rings. The molecule has 0 aliphatic heterocycles. The number of halogens is 1. The molecule has 1 heterocycles. The Morgan fingerprint density at radius 1 is 1.44 bits per heavy atom. The monoisotopic (exact) mass is 301 g/mol.